The van der Waals surface area contributed by atoms with Crippen LogP contribution in [-0.2, 0) is 6.18 Å². The van der Waals surface area contributed by atoms with E-state index in [0.717, 1.165) is 6.07 Å². The maximum atomic E-state index is 13.2. The van der Waals surface area contributed by atoms with Gasteiger partial charge in [0.2, 0.25) is 0 Å². The molecular weight excluding hydrogens is 482 g/mol. The molecule has 0 aliphatic rings. The van der Waals surface area contributed by atoms with E-state index in [1.54, 1.807) is 52.9 Å². The average Bonchev–Trinajstić information content (AvgIpc) is 3.06. The molecule has 26 heavy (non-hydrogen) atoms. The van der Waals surface area contributed by atoms with Crippen LogP contribution in [0.3, 0.4) is 0 Å². The van der Waals surface area contributed by atoms with E-state index in [1.807, 2.05) is 0 Å². The van der Waals surface area contributed by atoms with Crippen LogP contribution in [0.15, 0.2) is 59.0 Å². The van der Waals surface area contributed by atoms with E-state index >= 15 is 0 Å². The first-order chi connectivity index (χ1) is 12.2. The Morgan fingerprint density at radius 2 is 1.85 bits per heavy atom. The molecule has 3 aromatic rings. The Morgan fingerprint density at radius 1 is 1.08 bits per heavy atom. The van der Waals surface area contributed by atoms with Crippen LogP contribution >= 0.6 is 34.2 Å². The summed E-state index contributed by atoms with van der Waals surface area (Å²) in [7, 11) is 0. The fourth-order valence-corrected chi connectivity index (χ4v) is 2.98. The lowest BCUT2D eigenvalue weighted by Gasteiger charge is -2.13. The summed E-state index contributed by atoms with van der Waals surface area (Å²) in [6.07, 6.45) is -4.58. The van der Waals surface area contributed by atoms with Gasteiger partial charge >= 0.3 is 6.18 Å². The van der Waals surface area contributed by atoms with Crippen LogP contribution in [0.2, 0.25) is 5.02 Å². The van der Waals surface area contributed by atoms with Crippen molar-refractivity contribution in [3.8, 4) is 11.3 Å². The fraction of sp³-hybridized carbons (Fsp3) is 0.0556. The van der Waals surface area contributed by atoms with E-state index < -0.39 is 17.6 Å². The van der Waals surface area contributed by atoms with Gasteiger partial charge in [-0.1, -0.05) is 23.7 Å². The molecule has 0 bridgehead atoms. The Hall–Kier alpha value is -2.00. The Bertz CT molecular complexity index is 969. The third-order valence-corrected chi connectivity index (χ3v) is 4.38. The smallest absolute Gasteiger partial charge is 0.418 e. The zero-order valence-corrected chi connectivity index (χ0v) is 15.8. The van der Waals surface area contributed by atoms with E-state index in [4.69, 9.17) is 16.0 Å². The van der Waals surface area contributed by atoms with Crippen molar-refractivity contribution >= 4 is 45.8 Å². The second-order valence-electron chi connectivity index (χ2n) is 5.32. The predicted octanol–water partition coefficient (Wildman–Crippen LogP) is 6.48. The van der Waals surface area contributed by atoms with Gasteiger partial charge in [-0.05, 0) is 65.1 Å². The fourth-order valence-electron chi connectivity index (χ4n) is 2.30. The average molecular weight is 492 g/mol. The van der Waals surface area contributed by atoms with Crippen LogP contribution in [0.5, 0.6) is 0 Å². The van der Waals surface area contributed by atoms with Gasteiger partial charge in [0, 0.05) is 14.2 Å². The highest BCUT2D eigenvalue weighted by molar-refractivity contribution is 14.1. The van der Waals surface area contributed by atoms with Gasteiger partial charge in [-0.15, -0.1) is 0 Å². The molecule has 0 unspecified atom stereocenters. The highest BCUT2D eigenvalue weighted by Gasteiger charge is 2.34. The van der Waals surface area contributed by atoms with Crippen molar-refractivity contribution in [1.29, 1.82) is 0 Å². The number of carbonyl (C=O) groups excluding carboxylic acids is 1. The molecule has 0 aliphatic heterocycles. The summed E-state index contributed by atoms with van der Waals surface area (Å²) in [5.41, 5.74) is -0.593. The lowest BCUT2D eigenvalue weighted by atomic mass is 10.1. The Balaban J connectivity index is 1.86. The minimum Gasteiger partial charge on any atom is -0.451 e. The van der Waals surface area contributed by atoms with Crippen molar-refractivity contribution < 1.29 is 22.4 Å². The summed E-state index contributed by atoms with van der Waals surface area (Å²) in [5, 5.41) is 2.75. The highest BCUT2D eigenvalue weighted by atomic mass is 127. The van der Waals surface area contributed by atoms with Crippen LogP contribution in [0.25, 0.3) is 11.3 Å². The largest absolute Gasteiger partial charge is 0.451 e. The zero-order chi connectivity index (χ0) is 18.9. The van der Waals surface area contributed by atoms with Crippen LogP contribution in [0, 0.1) is 3.57 Å². The molecule has 1 aromatic heterocycles. The highest BCUT2D eigenvalue weighted by Crippen LogP contribution is 2.36. The lowest BCUT2D eigenvalue weighted by molar-refractivity contribution is -0.137. The maximum absolute atomic E-state index is 13.2. The molecule has 1 N–H and O–H groups in total. The minimum atomic E-state index is -4.58. The molecule has 1 heterocycles. The molecule has 0 saturated carbocycles. The molecule has 0 fully saturated rings. The number of amides is 1. The van der Waals surface area contributed by atoms with Crippen LogP contribution < -0.4 is 5.32 Å². The normalized spacial score (nSPS) is 11.4. The van der Waals surface area contributed by atoms with Crippen LogP contribution in [0.4, 0.5) is 18.9 Å². The zero-order valence-electron chi connectivity index (χ0n) is 12.9. The molecule has 134 valence electrons. The Morgan fingerprint density at radius 3 is 2.54 bits per heavy atom. The van der Waals surface area contributed by atoms with E-state index in [9.17, 15) is 18.0 Å². The molecule has 3 rings (SSSR count). The van der Waals surface area contributed by atoms with Crippen molar-refractivity contribution in [1.82, 2.24) is 0 Å². The molecule has 1 amide bonds. The quantitative estimate of drug-likeness (QED) is 0.426. The number of hydrogen-bond donors (Lipinski definition) is 1. The van der Waals surface area contributed by atoms with Gasteiger partial charge in [0.05, 0.1) is 11.3 Å². The monoisotopic (exact) mass is 491 g/mol. The third kappa shape index (κ3) is 4.21. The Kier molecular flexibility index (Phi) is 5.29. The summed E-state index contributed by atoms with van der Waals surface area (Å²) < 4.78 is 45.3. The molecular formula is C18H10ClF3INO2. The number of rotatable bonds is 3. The Labute approximate surface area is 165 Å². The summed E-state index contributed by atoms with van der Waals surface area (Å²) in [4.78, 5) is 12.3. The van der Waals surface area contributed by atoms with Gasteiger partial charge in [0.15, 0.2) is 5.76 Å². The van der Waals surface area contributed by atoms with Gasteiger partial charge < -0.3 is 9.73 Å². The van der Waals surface area contributed by atoms with Gasteiger partial charge in [0.25, 0.3) is 5.91 Å². The first-order valence-corrected chi connectivity index (χ1v) is 8.73. The number of halogens is 5. The number of nitrogens with one attached hydrogen (secondary N) is 1. The molecule has 3 nitrogen and oxygen atoms in total. The topological polar surface area (TPSA) is 42.2 Å². The summed E-state index contributed by atoms with van der Waals surface area (Å²) in [5.74, 6) is -0.493. The van der Waals surface area contributed by atoms with Gasteiger partial charge in [-0.3, -0.25) is 4.79 Å². The first-order valence-electron chi connectivity index (χ1n) is 7.28. The van der Waals surface area contributed by atoms with E-state index in [-0.39, 0.29) is 11.4 Å². The SMILES string of the molecule is O=C(Nc1ccc(I)cc1C(F)(F)F)c1ccc(-c2cccc(Cl)c2)o1. The third-order valence-electron chi connectivity index (χ3n) is 3.47. The maximum Gasteiger partial charge on any atom is 0.418 e. The van der Waals surface area contributed by atoms with Gasteiger partial charge in [-0.2, -0.15) is 13.2 Å². The second-order valence-corrected chi connectivity index (χ2v) is 7.00. The van der Waals surface area contributed by atoms with Gasteiger partial charge in [-0.25, -0.2) is 0 Å². The van der Waals surface area contributed by atoms with E-state index in [1.165, 1.54) is 18.2 Å². The molecule has 0 spiro atoms. The van der Waals surface area contributed by atoms with Crippen molar-refractivity contribution in [2.24, 2.45) is 0 Å². The first kappa shape index (κ1) is 18.8. The molecule has 0 aliphatic carbocycles. The summed E-state index contributed by atoms with van der Waals surface area (Å²) in [6.45, 7) is 0. The van der Waals surface area contributed by atoms with E-state index in [0.29, 0.717) is 19.9 Å². The number of anilines is 1. The molecule has 0 saturated heterocycles. The van der Waals surface area contributed by atoms with Crippen molar-refractivity contribution in [2.75, 3.05) is 5.32 Å². The number of hydrogen-bond acceptors (Lipinski definition) is 2. The molecule has 0 radical (unpaired) electrons. The molecule has 0 atom stereocenters. The van der Waals surface area contributed by atoms with Crippen molar-refractivity contribution in [2.45, 2.75) is 6.18 Å². The number of benzene rings is 2. The second kappa shape index (κ2) is 7.32. The molecule has 2 aromatic carbocycles. The summed E-state index contributed by atoms with van der Waals surface area (Å²) >= 11 is 7.69. The number of carbonyl (C=O) groups is 1. The van der Waals surface area contributed by atoms with Crippen LogP contribution in [0.1, 0.15) is 16.1 Å². The lowest BCUT2D eigenvalue weighted by Crippen LogP contribution is -2.16. The van der Waals surface area contributed by atoms with E-state index in [2.05, 4.69) is 5.32 Å². The minimum absolute atomic E-state index is 0.105. The standard InChI is InChI=1S/C18H10ClF3INO2/c19-11-3-1-2-10(8-11)15-6-7-16(26-15)17(25)24-14-5-4-12(23)9-13(14)18(20,21)22/h1-9H,(H,24,25). The predicted molar refractivity (Wildman–Crippen MR) is 101 cm³/mol. The summed E-state index contributed by atoms with van der Waals surface area (Å²) in [6, 6.07) is 13.4. The van der Waals surface area contributed by atoms with Crippen molar-refractivity contribution in [3.63, 3.8) is 0 Å². The molecule has 8 heteroatoms. The van der Waals surface area contributed by atoms with Crippen molar-refractivity contribution in [3.05, 3.63) is 74.5 Å². The van der Waals surface area contributed by atoms with Gasteiger partial charge in [0.1, 0.15) is 5.76 Å². The number of furan rings is 1. The number of alkyl halides is 3. The van der Waals surface area contributed by atoms with Crippen LogP contribution in [-0.4, -0.2) is 5.91 Å².